The number of carbonyl (C=O) groups excluding carboxylic acids is 2. The number of esters is 1. The normalized spacial score (nSPS) is 18.6. The van der Waals surface area contributed by atoms with Gasteiger partial charge in [0.15, 0.2) is 16.4 Å². The van der Waals surface area contributed by atoms with Gasteiger partial charge < -0.3 is 14.4 Å². The number of nitrogens with zero attached hydrogens (tertiary/aromatic N) is 1. The van der Waals surface area contributed by atoms with Gasteiger partial charge in [0.05, 0.1) is 11.5 Å². The Labute approximate surface area is 155 Å². The number of halogens is 2. The van der Waals surface area contributed by atoms with Gasteiger partial charge in [-0.25, -0.2) is 13.2 Å². The minimum atomic E-state index is -3.12. The fraction of sp³-hybridized carbons (Fsp3) is 0.412. The predicted molar refractivity (Wildman–Crippen MR) is 92.9 cm³/mol. The summed E-state index contributed by atoms with van der Waals surface area (Å²) in [6.07, 6.45) is 2.85. The molecule has 0 bridgehead atoms. The third-order valence-electron chi connectivity index (χ3n) is 4.00. The minimum Gasteiger partial charge on any atom is -0.452 e. The maximum atomic E-state index is 12.1. The largest absolute Gasteiger partial charge is 0.452 e. The summed E-state index contributed by atoms with van der Waals surface area (Å²) in [4.78, 5) is 25.0. The van der Waals surface area contributed by atoms with Gasteiger partial charge in [0.25, 0.3) is 5.91 Å². The van der Waals surface area contributed by atoms with E-state index in [0.29, 0.717) is 12.0 Å². The van der Waals surface area contributed by atoms with Gasteiger partial charge in [-0.15, -0.1) is 0 Å². The van der Waals surface area contributed by atoms with Crippen LogP contribution in [-0.4, -0.2) is 63.0 Å². The lowest BCUT2D eigenvalue weighted by Gasteiger charge is -2.22. The van der Waals surface area contributed by atoms with Gasteiger partial charge in [-0.1, -0.05) is 12.1 Å². The number of alkyl halides is 2. The lowest BCUT2D eigenvalue weighted by molar-refractivity contribution is -0.148. The van der Waals surface area contributed by atoms with E-state index in [1.165, 1.54) is 42.3 Å². The van der Waals surface area contributed by atoms with Crippen LogP contribution >= 0.6 is 0 Å². The van der Waals surface area contributed by atoms with E-state index in [1.54, 1.807) is 0 Å². The highest BCUT2D eigenvalue weighted by atomic mass is 32.2. The van der Waals surface area contributed by atoms with E-state index in [-0.39, 0.29) is 17.3 Å². The second-order valence-corrected chi connectivity index (χ2v) is 8.18. The summed E-state index contributed by atoms with van der Waals surface area (Å²) < 4.78 is 56.1. The molecule has 1 aliphatic heterocycles. The van der Waals surface area contributed by atoms with Crippen molar-refractivity contribution in [3.8, 4) is 5.75 Å². The number of rotatable bonds is 7. The summed E-state index contributed by atoms with van der Waals surface area (Å²) in [6, 6.07) is 5.18. The Bertz CT molecular complexity index is 807. The number of benzene rings is 1. The molecule has 1 aromatic carbocycles. The molecule has 1 aromatic rings. The molecule has 1 fully saturated rings. The van der Waals surface area contributed by atoms with E-state index in [1.807, 2.05) is 0 Å². The summed E-state index contributed by atoms with van der Waals surface area (Å²) in [7, 11) is -1.65. The van der Waals surface area contributed by atoms with Crippen molar-refractivity contribution in [2.24, 2.45) is 0 Å². The predicted octanol–water partition coefficient (Wildman–Crippen LogP) is 1.49. The van der Waals surface area contributed by atoms with Crippen molar-refractivity contribution in [1.82, 2.24) is 4.90 Å². The van der Waals surface area contributed by atoms with Gasteiger partial charge in [-0.3, -0.25) is 4.79 Å². The van der Waals surface area contributed by atoms with E-state index in [4.69, 9.17) is 4.74 Å². The molecule has 1 aliphatic rings. The molecular weight excluding hydrogens is 384 g/mol. The SMILES string of the molecule is CN(C(=O)COC(=O)/C=C/c1ccc(OC(F)F)cc1)[C@@H]1CCS(=O)(=O)C1. The zero-order valence-corrected chi connectivity index (χ0v) is 15.3. The molecule has 0 spiro atoms. The van der Waals surface area contributed by atoms with Crippen LogP contribution in [0.15, 0.2) is 30.3 Å². The first-order valence-electron chi connectivity index (χ1n) is 8.02. The van der Waals surface area contributed by atoms with Gasteiger partial charge in [-0.05, 0) is 30.2 Å². The van der Waals surface area contributed by atoms with Crippen LogP contribution in [0.3, 0.4) is 0 Å². The van der Waals surface area contributed by atoms with Crippen LogP contribution in [0.25, 0.3) is 6.08 Å². The van der Waals surface area contributed by atoms with Gasteiger partial charge in [-0.2, -0.15) is 8.78 Å². The maximum absolute atomic E-state index is 12.1. The Balaban J connectivity index is 1.79. The van der Waals surface area contributed by atoms with Crippen LogP contribution in [0.4, 0.5) is 8.78 Å². The molecule has 0 unspecified atom stereocenters. The molecule has 0 saturated carbocycles. The molecule has 1 heterocycles. The van der Waals surface area contributed by atoms with Crippen LogP contribution in [0, 0.1) is 0 Å². The van der Waals surface area contributed by atoms with Gasteiger partial charge in [0.1, 0.15) is 5.75 Å². The standard InChI is InChI=1S/C17H19F2NO6S/c1-20(13-8-9-27(23,24)11-13)15(21)10-25-16(22)7-4-12-2-5-14(6-3-12)26-17(18)19/h2-7,13,17H,8-11H2,1H3/b7-4+/t13-/m1/s1. The summed E-state index contributed by atoms with van der Waals surface area (Å²) >= 11 is 0. The molecule has 0 radical (unpaired) electrons. The Morgan fingerprint density at radius 2 is 1.96 bits per heavy atom. The lowest BCUT2D eigenvalue weighted by atomic mass is 10.2. The van der Waals surface area contributed by atoms with Crippen molar-refractivity contribution >= 4 is 27.8 Å². The topological polar surface area (TPSA) is 90.0 Å². The number of hydrogen-bond acceptors (Lipinski definition) is 6. The van der Waals surface area contributed by atoms with Crippen LogP contribution in [0.1, 0.15) is 12.0 Å². The third-order valence-corrected chi connectivity index (χ3v) is 5.75. The van der Waals surface area contributed by atoms with E-state index in [0.717, 1.165) is 6.08 Å². The molecule has 10 heteroatoms. The van der Waals surface area contributed by atoms with Gasteiger partial charge >= 0.3 is 12.6 Å². The fourth-order valence-corrected chi connectivity index (χ4v) is 4.27. The zero-order chi connectivity index (χ0) is 20.0. The Kier molecular flexibility index (Phi) is 6.89. The second-order valence-electron chi connectivity index (χ2n) is 5.95. The van der Waals surface area contributed by atoms with E-state index < -0.39 is 41.0 Å². The first-order chi connectivity index (χ1) is 12.7. The van der Waals surface area contributed by atoms with Crippen molar-refractivity contribution in [3.63, 3.8) is 0 Å². The van der Waals surface area contributed by atoms with Crippen molar-refractivity contribution in [2.45, 2.75) is 19.1 Å². The highest BCUT2D eigenvalue weighted by Crippen LogP contribution is 2.17. The summed E-state index contributed by atoms with van der Waals surface area (Å²) in [5.74, 6) is -1.31. The average molecular weight is 403 g/mol. The van der Waals surface area contributed by atoms with E-state index in [2.05, 4.69) is 4.74 Å². The maximum Gasteiger partial charge on any atom is 0.387 e. The molecule has 7 nitrogen and oxygen atoms in total. The van der Waals surface area contributed by atoms with Crippen LogP contribution in [0.2, 0.25) is 0 Å². The van der Waals surface area contributed by atoms with Crippen molar-refractivity contribution in [1.29, 1.82) is 0 Å². The summed E-state index contributed by atoms with van der Waals surface area (Å²) in [5.41, 5.74) is 0.549. The molecule has 27 heavy (non-hydrogen) atoms. The van der Waals surface area contributed by atoms with E-state index >= 15 is 0 Å². The number of likely N-dealkylation sites (N-methyl/N-ethyl adjacent to an activating group) is 1. The number of ether oxygens (including phenoxy) is 2. The molecule has 0 aromatic heterocycles. The van der Waals surface area contributed by atoms with Crippen LogP contribution < -0.4 is 4.74 Å². The molecule has 1 saturated heterocycles. The summed E-state index contributed by atoms with van der Waals surface area (Å²) in [6.45, 7) is -3.42. The number of carbonyl (C=O) groups is 2. The monoisotopic (exact) mass is 403 g/mol. The van der Waals surface area contributed by atoms with Crippen LogP contribution in [-0.2, 0) is 24.2 Å². The Morgan fingerprint density at radius 1 is 1.30 bits per heavy atom. The fourth-order valence-electron chi connectivity index (χ4n) is 2.49. The van der Waals surface area contributed by atoms with Crippen molar-refractivity contribution in [3.05, 3.63) is 35.9 Å². The van der Waals surface area contributed by atoms with Crippen LogP contribution in [0.5, 0.6) is 5.75 Å². The first-order valence-corrected chi connectivity index (χ1v) is 9.84. The molecule has 148 valence electrons. The highest BCUT2D eigenvalue weighted by molar-refractivity contribution is 7.91. The smallest absolute Gasteiger partial charge is 0.387 e. The van der Waals surface area contributed by atoms with Gasteiger partial charge in [0, 0.05) is 19.2 Å². The molecule has 1 amide bonds. The molecule has 1 atom stereocenters. The Morgan fingerprint density at radius 3 is 2.52 bits per heavy atom. The van der Waals surface area contributed by atoms with Crippen molar-refractivity contribution in [2.75, 3.05) is 25.2 Å². The zero-order valence-electron chi connectivity index (χ0n) is 14.5. The van der Waals surface area contributed by atoms with E-state index in [9.17, 15) is 26.8 Å². The quantitative estimate of drug-likeness (QED) is 0.506. The first kappa shape index (κ1) is 20.8. The Hall–Kier alpha value is -2.49. The van der Waals surface area contributed by atoms with Gasteiger partial charge in [0.2, 0.25) is 0 Å². The molecular formula is C17H19F2NO6S. The average Bonchev–Trinajstić information content (AvgIpc) is 2.97. The number of hydrogen-bond donors (Lipinski definition) is 0. The lowest BCUT2D eigenvalue weighted by Crippen LogP contribution is -2.40. The molecule has 2 rings (SSSR count). The number of sulfone groups is 1. The van der Waals surface area contributed by atoms with Crippen molar-refractivity contribution < 1.29 is 36.3 Å². The summed E-state index contributed by atoms with van der Waals surface area (Å²) in [5, 5.41) is 0. The molecule has 0 aliphatic carbocycles. The minimum absolute atomic E-state index is 0.00714. The highest BCUT2D eigenvalue weighted by Gasteiger charge is 2.32. The third kappa shape index (κ3) is 6.63. The molecule has 0 N–H and O–H groups in total. The number of amides is 1. The second kappa shape index (κ2) is 8.94.